The van der Waals surface area contributed by atoms with Gasteiger partial charge >= 0.3 is 11.8 Å². The Morgan fingerprint density at radius 2 is 1.61 bits per heavy atom. The number of likely N-dealkylation sites (tertiary alicyclic amines) is 2. The summed E-state index contributed by atoms with van der Waals surface area (Å²) in [7, 11) is 3.07. The van der Waals surface area contributed by atoms with Crippen LogP contribution in [0.15, 0.2) is 46.1 Å². The van der Waals surface area contributed by atoms with Gasteiger partial charge in [-0.2, -0.15) is 0 Å². The molecule has 0 saturated carbocycles. The molecule has 0 aliphatic carbocycles. The number of anilines is 1. The van der Waals surface area contributed by atoms with Crippen LogP contribution in [-0.2, 0) is 28.6 Å². The fourth-order valence-corrected chi connectivity index (χ4v) is 11.6. The molecule has 5 N–H and O–H groups in total. The Balaban J connectivity index is 0.00000395. The largest absolute Gasteiger partial charge is 0.507 e. The zero-order valence-electron chi connectivity index (χ0n) is 45.3. The minimum Gasteiger partial charge on any atom is -0.507 e. The van der Waals surface area contributed by atoms with Crippen molar-refractivity contribution >= 4 is 40.0 Å². The van der Waals surface area contributed by atoms with Crippen LogP contribution in [0.4, 0.5) is 5.69 Å². The van der Waals surface area contributed by atoms with Gasteiger partial charge in [0.1, 0.15) is 35.1 Å². The second kappa shape index (κ2) is 22.8. The number of aliphatic hydroxyl groups is 2. The number of aliphatic hydroxyl groups excluding tert-OH is 2. The molecular formula is C56H80N6O12. The van der Waals surface area contributed by atoms with E-state index < -0.39 is 70.9 Å². The number of piperidine rings is 2. The summed E-state index contributed by atoms with van der Waals surface area (Å²) in [6.45, 7) is 22.0. The van der Waals surface area contributed by atoms with E-state index in [0.717, 1.165) is 39.6 Å². The molecule has 7 atom stereocenters. The Bertz CT molecular complexity index is 2690. The summed E-state index contributed by atoms with van der Waals surface area (Å²) >= 11 is 0. The van der Waals surface area contributed by atoms with E-state index in [0.29, 0.717) is 63.5 Å². The lowest BCUT2D eigenvalue weighted by atomic mass is 9.80. The molecule has 7 aliphatic rings. The van der Waals surface area contributed by atoms with E-state index in [4.69, 9.17) is 34.0 Å². The first-order valence-corrected chi connectivity index (χ1v) is 26.5. The van der Waals surface area contributed by atoms with E-state index in [2.05, 4.69) is 36.0 Å². The van der Waals surface area contributed by atoms with Crippen LogP contribution in [0.2, 0.25) is 0 Å². The van der Waals surface area contributed by atoms with E-state index in [1.54, 1.807) is 37.0 Å². The predicted molar refractivity (Wildman–Crippen MR) is 279 cm³/mol. The number of allylic oxidation sites excluding steroid dienone is 4. The van der Waals surface area contributed by atoms with Crippen LogP contribution in [0.5, 0.6) is 17.2 Å². The number of ether oxygens (including phenoxy) is 4. The van der Waals surface area contributed by atoms with E-state index in [1.165, 1.54) is 13.2 Å². The summed E-state index contributed by atoms with van der Waals surface area (Å²) in [5, 5.41) is 46.5. The van der Waals surface area contributed by atoms with E-state index in [9.17, 15) is 34.5 Å². The van der Waals surface area contributed by atoms with Crippen molar-refractivity contribution in [2.75, 3.05) is 71.9 Å². The fraction of sp³-hybridized carbons (Fsp3) is 0.643. The molecule has 74 heavy (non-hydrogen) atoms. The average Bonchev–Trinajstić information content (AvgIpc) is 3.87. The van der Waals surface area contributed by atoms with Crippen molar-refractivity contribution in [3.05, 3.63) is 58.0 Å². The number of hydrogen-bond acceptors (Lipinski definition) is 16. The van der Waals surface area contributed by atoms with Gasteiger partial charge in [-0.25, -0.2) is 0 Å². The van der Waals surface area contributed by atoms with E-state index in [1.807, 2.05) is 33.8 Å². The minimum atomic E-state index is -1.92. The van der Waals surface area contributed by atoms with Crippen molar-refractivity contribution in [1.82, 2.24) is 14.7 Å². The maximum absolute atomic E-state index is 14.9. The minimum absolute atomic E-state index is 0.0186. The lowest BCUT2D eigenvalue weighted by molar-refractivity contribution is -0.168. The molecule has 4 unspecified atom stereocenters. The molecule has 2 amide bonds. The fourth-order valence-electron chi connectivity index (χ4n) is 11.6. The molecule has 18 heteroatoms. The molecule has 0 aromatic heterocycles. The van der Waals surface area contributed by atoms with Crippen molar-refractivity contribution in [2.45, 2.75) is 137 Å². The maximum Gasteiger partial charge on any atom is 0.315 e. The van der Waals surface area contributed by atoms with E-state index in [-0.39, 0.29) is 74.0 Å². The second-order valence-electron chi connectivity index (χ2n) is 22.3. The van der Waals surface area contributed by atoms with Gasteiger partial charge in [-0.1, -0.05) is 59.8 Å². The van der Waals surface area contributed by atoms with Gasteiger partial charge in [0, 0.05) is 95.1 Å². The lowest BCUT2D eigenvalue weighted by Gasteiger charge is -2.46. The molecule has 18 nitrogen and oxygen atoms in total. The Morgan fingerprint density at radius 3 is 2.28 bits per heavy atom. The van der Waals surface area contributed by atoms with E-state index >= 15 is 0 Å². The highest BCUT2D eigenvalue weighted by Gasteiger charge is 2.50. The summed E-state index contributed by atoms with van der Waals surface area (Å²) in [6.07, 6.45) is 9.85. The number of aromatic hydroxyl groups is 2. The van der Waals surface area contributed by atoms with Crippen LogP contribution in [0.1, 0.15) is 116 Å². The van der Waals surface area contributed by atoms with Crippen LogP contribution in [0, 0.1) is 36.5 Å². The van der Waals surface area contributed by atoms with Gasteiger partial charge < -0.3 is 59.4 Å². The number of Topliss-reactive ketones (excluding diaryl/α,β-unsaturated/α-hetero) is 1. The summed E-state index contributed by atoms with van der Waals surface area (Å²) in [5.74, 6) is -5.55. The number of benzene rings is 2. The molecule has 0 radical (unpaired) electrons. The van der Waals surface area contributed by atoms with Gasteiger partial charge in [-0.3, -0.25) is 29.2 Å². The molecule has 9 rings (SSSR count). The molecule has 2 aromatic rings. The summed E-state index contributed by atoms with van der Waals surface area (Å²) < 4.78 is 25.0. The number of hydrogen-bond donors (Lipinski definition) is 5. The molecule has 3 saturated heterocycles. The number of rotatable bonds is 5. The lowest BCUT2D eigenvalue weighted by Crippen LogP contribution is -2.57. The molecule has 7 heterocycles. The van der Waals surface area contributed by atoms with Crippen molar-refractivity contribution in [3.63, 3.8) is 0 Å². The highest BCUT2D eigenvalue weighted by Crippen LogP contribution is 2.50. The van der Waals surface area contributed by atoms with Crippen LogP contribution >= 0.6 is 0 Å². The van der Waals surface area contributed by atoms with Gasteiger partial charge in [-0.05, 0) is 76.3 Å². The first kappa shape index (κ1) is 56.3. The quantitative estimate of drug-likeness (QED) is 0.142. The Morgan fingerprint density at radius 1 is 0.932 bits per heavy atom. The molecule has 2 spiro atoms. The van der Waals surface area contributed by atoms with Gasteiger partial charge in [0.2, 0.25) is 5.91 Å². The van der Waals surface area contributed by atoms with Gasteiger partial charge in [-0.15, -0.1) is 0 Å². The van der Waals surface area contributed by atoms with Crippen molar-refractivity contribution < 1.29 is 58.6 Å². The number of phenols is 2. The number of phenolic OH excluding ortho intramolecular Hbond substituents is 2. The van der Waals surface area contributed by atoms with Gasteiger partial charge in [0.05, 0.1) is 40.9 Å². The van der Waals surface area contributed by atoms with Crippen LogP contribution in [0.3, 0.4) is 0 Å². The number of amides is 2. The number of fused-ring (bicyclic) bond motifs is 13. The number of esters is 1. The second-order valence-corrected chi connectivity index (χ2v) is 22.3. The third kappa shape index (κ3) is 11.5. The number of ketones is 1. The number of nitrogens with one attached hydrogen (secondary N) is 1. The maximum atomic E-state index is 14.9. The Labute approximate surface area is 435 Å². The highest BCUT2D eigenvalue weighted by atomic mass is 16.7. The Hall–Kier alpha value is -5.40. The van der Waals surface area contributed by atoms with Crippen molar-refractivity contribution in [1.29, 1.82) is 0 Å². The SMILES string of the molecule is C/C1=C/C=C/C(C)C[C@@H](C)C(O)[C@@H](C)C(OC(=O)CC(=O)N2CCOC3(CCN(C)CC3)C2)[C@H](C)C/C=C/OC2(C)Oc3c(C)c(O)c4c(O)c(c5c(c4c3C2=O)=NC2(CCN(CC(C)C)CC2)N=5)NC1=O.CO. The Kier molecular flexibility index (Phi) is 17.4. The standard InChI is InChI=1S/C55H76N6O11.CH4O/c1-31(2)29-60-22-18-55(19-23-60)57-43-40-41-47(65)37(8)50-42(40)51(67)53(9,72-50)69-25-12-15-33(4)49(71-39(63)28-38(62)61-24-26-70-54(30-61)16-20-59(10)21-17-54)36(7)46(64)35(6)27-32(3)13-11-14-34(5)52(68)56-45(48(41)66)44(43)58-55;1-2/h11-14,25,31-33,35-36,46,49,64-66H,15-24,26-30H2,1-10H3,(H,56,68);2H,1H3/b13-11+,25-12+,34-14-;/t32?,33-,35-,36-,46?,49?,53?;/m1./s1. The number of morpholine rings is 1. The topological polar surface area (TPSA) is 233 Å². The first-order valence-electron chi connectivity index (χ1n) is 26.5. The zero-order valence-corrected chi connectivity index (χ0v) is 45.3. The summed E-state index contributed by atoms with van der Waals surface area (Å²) in [6, 6.07) is 0. The molecular weight excluding hydrogens is 949 g/mol. The van der Waals surface area contributed by atoms with Crippen LogP contribution in [0.25, 0.3) is 10.8 Å². The zero-order chi connectivity index (χ0) is 54.0. The molecule has 2 aromatic carbocycles. The van der Waals surface area contributed by atoms with Gasteiger partial charge in [0.25, 0.3) is 11.7 Å². The van der Waals surface area contributed by atoms with Crippen molar-refractivity contribution in [2.24, 2.45) is 39.6 Å². The molecule has 3 fully saturated rings. The monoisotopic (exact) mass is 1030 g/mol. The molecule has 7 aliphatic heterocycles. The average molecular weight is 1030 g/mol. The normalized spacial score (nSPS) is 30.0. The highest BCUT2D eigenvalue weighted by molar-refractivity contribution is 6.19. The number of carbonyl (C=O) groups excluding carboxylic acids is 4. The summed E-state index contributed by atoms with van der Waals surface area (Å²) in [4.78, 5) is 73.1. The van der Waals surface area contributed by atoms with Gasteiger partial charge in [0.15, 0.2) is 11.4 Å². The van der Waals surface area contributed by atoms with Crippen LogP contribution < -0.4 is 20.8 Å². The third-order valence-electron chi connectivity index (χ3n) is 16.0. The molecule has 406 valence electrons. The number of nitrogens with zero attached hydrogens (tertiary/aromatic N) is 5. The molecule has 5 bridgehead atoms. The summed E-state index contributed by atoms with van der Waals surface area (Å²) in [5.41, 5.74) is -0.832. The smallest absolute Gasteiger partial charge is 0.315 e. The number of carbonyl (C=O) groups is 4. The van der Waals surface area contributed by atoms with Crippen LogP contribution in [-0.4, -0.2) is 155 Å². The predicted octanol–water partition coefficient (Wildman–Crippen LogP) is 5.46. The van der Waals surface area contributed by atoms with Crippen molar-refractivity contribution in [3.8, 4) is 17.2 Å². The third-order valence-corrected chi connectivity index (χ3v) is 16.0. The first-order chi connectivity index (χ1) is 35.0.